The zero-order chi connectivity index (χ0) is 52.4. The van der Waals surface area contributed by atoms with Gasteiger partial charge < -0.3 is 65.1 Å². The van der Waals surface area contributed by atoms with E-state index in [1.54, 1.807) is 6.08 Å². The fourth-order valence-electron chi connectivity index (χ4n) is 9.09. The smallest absolute Gasteiger partial charge is 0.220 e. The van der Waals surface area contributed by atoms with Crippen LogP contribution in [0, 0.1) is 0 Å². The summed E-state index contributed by atoms with van der Waals surface area (Å²) in [6, 6.07) is -0.939. The molecule has 14 nitrogen and oxygen atoms in total. The first-order chi connectivity index (χ1) is 35.1. The average Bonchev–Trinajstić information content (AvgIpc) is 3.38. The van der Waals surface area contributed by atoms with Gasteiger partial charge in [-0.3, -0.25) is 4.79 Å². The Morgan fingerprint density at radius 3 is 1.53 bits per heavy atom. The molecule has 2 aliphatic heterocycles. The zero-order valence-electron chi connectivity index (χ0n) is 44.7. The van der Waals surface area contributed by atoms with Gasteiger partial charge in [-0.15, -0.1) is 0 Å². The average molecular weight is 1020 g/mol. The summed E-state index contributed by atoms with van der Waals surface area (Å²) in [5.41, 5.74) is 0. The summed E-state index contributed by atoms with van der Waals surface area (Å²) in [6.45, 7) is 2.66. The number of nitrogens with one attached hydrogen (secondary N) is 1. The van der Waals surface area contributed by atoms with Crippen molar-refractivity contribution in [3.05, 3.63) is 60.8 Å². The highest BCUT2D eigenvalue weighted by Crippen LogP contribution is 2.30. The number of carbonyl (C=O) groups excluding carboxylic acids is 1. The highest BCUT2D eigenvalue weighted by Gasteiger charge is 2.51. The molecule has 2 fully saturated rings. The molecule has 2 heterocycles. The van der Waals surface area contributed by atoms with E-state index in [1.165, 1.54) is 103 Å². The van der Waals surface area contributed by atoms with E-state index in [0.29, 0.717) is 12.8 Å². The summed E-state index contributed by atoms with van der Waals surface area (Å²) in [7, 11) is 0. The van der Waals surface area contributed by atoms with Crippen LogP contribution in [0.1, 0.15) is 206 Å². The number of rotatable bonds is 44. The number of aliphatic hydroxyl groups is 8. The topological polar surface area (TPSA) is 228 Å². The molecule has 12 unspecified atom stereocenters. The Labute approximate surface area is 435 Å². The fraction of sp³-hybridized carbons (Fsp3) is 0.810. The molecule has 2 rings (SSSR count). The molecular formula is C58H103NO13. The van der Waals surface area contributed by atoms with E-state index < -0.39 is 86.8 Å². The Morgan fingerprint density at radius 1 is 0.514 bits per heavy atom. The first-order valence-electron chi connectivity index (χ1n) is 28.5. The number of aliphatic hydroxyl groups excluding tert-OH is 8. The summed E-state index contributed by atoms with van der Waals surface area (Å²) in [5, 5.41) is 87.0. The van der Waals surface area contributed by atoms with Crippen LogP contribution in [0.3, 0.4) is 0 Å². The maximum atomic E-state index is 13.2. The molecule has 2 aliphatic rings. The minimum atomic E-state index is -1.79. The first kappa shape index (κ1) is 65.8. The van der Waals surface area contributed by atoms with Crippen LogP contribution in [0.25, 0.3) is 0 Å². The van der Waals surface area contributed by atoms with E-state index in [2.05, 4.69) is 67.8 Å². The molecule has 2 saturated heterocycles. The van der Waals surface area contributed by atoms with Crippen LogP contribution >= 0.6 is 0 Å². The van der Waals surface area contributed by atoms with Crippen LogP contribution in [-0.4, -0.2) is 140 Å². The van der Waals surface area contributed by atoms with Crippen LogP contribution in [0.15, 0.2) is 60.8 Å². The molecular weight excluding hydrogens is 919 g/mol. The number of ether oxygens (including phenoxy) is 4. The number of allylic oxidation sites excluding steroid dienone is 9. The minimum absolute atomic E-state index is 0.260. The van der Waals surface area contributed by atoms with Gasteiger partial charge in [0.15, 0.2) is 12.6 Å². The Bertz CT molecular complexity index is 1440. The molecule has 1 amide bonds. The summed E-state index contributed by atoms with van der Waals surface area (Å²) in [4.78, 5) is 13.2. The molecule has 0 aliphatic carbocycles. The predicted octanol–water partition coefficient (Wildman–Crippen LogP) is 9.00. The largest absolute Gasteiger partial charge is 0.394 e. The quantitative estimate of drug-likeness (QED) is 0.0205. The van der Waals surface area contributed by atoms with E-state index in [0.717, 1.165) is 70.6 Å². The van der Waals surface area contributed by atoms with Gasteiger partial charge >= 0.3 is 0 Å². The normalized spacial score (nSPS) is 26.0. The van der Waals surface area contributed by atoms with Crippen molar-refractivity contribution >= 4 is 5.91 Å². The summed E-state index contributed by atoms with van der Waals surface area (Å²) in [5.74, 6) is -0.261. The lowest BCUT2D eigenvalue weighted by Crippen LogP contribution is -2.65. The third-order valence-corrected chi connectivity index (χ3v) is 13.7. The molecule has 0 aromatic carbocycles. The number of hydrogen-bond donors (Lipinski definition) is 9. The van der Waals surface area contributed by atoms with Gasteiger partial charge in [0, 0.05) is 6.42 Å². The third-order valence-electron chi connectivity index (χ3n) is 13.7. The summed E-state index contributed by atoms with van der Waals surface area (Å²) in [6.07, 6.45) is 38.3. The number of amides is 1. The van der Waals surface area contributed by atoms with Crippen molar-refractivity contribution < 1.29 is 64.6 Å². The Hall–Kier alpha value is -2.31. The Morgan fingerprint density at radius 2 is 0.972 bits per heavy atom. The molecule has 14 heteroatoms. The molecule has 0 saturated carbocycles. The van der Waals surface area contributed by atoms with E-state index in [9.17, 15) is 45.6 Å². The van der Waals surface area contributed by atoms with Gasteiger partial charge in [0.05, 0.1) is 32.0 Å². The van der Waals surface area contributed by atoms with Gasteiger partial charge in [-0.05, 0) is 64.2 Å². The molecule has 72 heavy (non-hydrogen) atoms. The second-order valence-electron chi connectivity index (χ2n) is 20.0. The first-order valence-corrected chi connectivity index (χ1v) is 28.5. The van der Waals surface area contributed by atoms with Crippen molar-refractivity contribution in [3.8, 4) is 0 Å². The lowest BCUT2D eigenvalue weighted by Gasteiger charge is -2.46. The maximum Gasteiger partial charge on any atom is 0.220 e. The van der Waals surface area contributed by atoms with Crippen LogP contribution in [-0.2, 0) is 23.7 Å². The lowest BCUT2D eigenvalue weighted by atomic mass is 9.97. The molecule has 0 bridgehead atoms. The van der Waals surface area contributed by atoms with Gasteiger partial charge in [0.1, 0.15) is 48.8 Å². The van der Waals surface area contributed by atoms with Crippen molar-refractivity contribution in [2.75, 3.05) is 19.8 Å². The maximum absolute atomic E-state index is 13.2. The van der Waals surface area contributed by atoms with Crippen LogP contribution in [0.4, 0.5) is 0 Å². The van der Waals surface area contributed by atoms with Crippen molar-refractivity contribution in [1.82, 2.24) is 5.32 Å². The summed E-state index contributed by atoms with van der Waals surface area (Å²) >= 11 is 0. The molecule has 0 spiro atoms. The predicted molar refractivity (Wildman–Crippen MR) is 286 cm³/mol. The SMILES string of the molecule is CC/C=C\C/C=C\C/C=C\CCCCCCCCCC(=O)NC(COC1OC(CO)C(OC2OC(CO)C(O)C(O)C2O)C(O)C1O)C(O)/C=C/CC/C=C/CCCCCCCCCCCCCCCCC. The number of unbranched alkanes of at least 4 members (excludes halogenated alkanes) is 23. The highest BCUT2D eigenvalue weighted by atomic mass is 16.7. The monoisotopic (exact) mass is 1020 g/mol. The molecule has 0 radical (unpaired) electrons. The van der Waals surface area contributed by atoms with Crippen LogP contribution in [0.2, 0.25) is 0 Å². The highest BCUT2D eigenvalue weighted by molar-refractivity contribution is 5.76. The summed E-state index contributed by atoms with van der Waals surface area (Å²) < 4.78 is 22.7. The second-order valence-corrected chi connectivity index (χ2v) is 20.0. The second kappa shape index (κ2) is 43.9. The van der Waals surface area contributed by atoms with Gasteiger partial charge in [-0.25, -0.2) is 0 Å². The lowest BCUT2D eigenvalue weighted by molar-refractivity contribution is -0.359. The third kappa shape index (κ3) is 29.7. The van der Waals surface area contributed by atoms with E-state index in [4.69, 9.17) is 18.9 Å². The Balaban J connectivity index is 1.81. The molecule has 0 aromatic heterocycles. The fourth-order valence-corrected chi connectivity index (χ4v) is 9.09. The van der Waals surface area contributed by atoms with Crippen LogP contribution < -0.4 is 5.32 Å². The number of hydrogen-bond acceptors (Lipinski definition) is 13. The van der Waals surface area contributed by atoms with Crippen LogP contribution in [0.5, 0.6) is 0 Å². The van der Waals surface area contributed by atoms with Gasteiger partial charge in [0.2, 0.25) is 5.91 Å². The van der Waals surface area contributed by atoms with Gasteiger partial charge in [-0.2, -0.15) is 0 Å². The van der Waals surface area contributed by atoms with E-state index >= 15 is 0 Å². The Kier molecular flexibility index (Phi) is 40.1. The van der Waals surface area contributed by atoms with Gasteiger partial charge in [0.25, 0.3) is 0 Å². The van der Waals surface area contributed by atoms with Crippen molar-refractivity contribution in [2.45, 2.75) is 280 Å². The molecule has 418 valence electrons. The number of carbonyl (C=O) groups is 1. The van der Waals surface area contributed by atoms with E-state index in [-0.39, 0.29) is 18.9 Å². The van der Waals surface area contributed by atoms with Crippen molar-refractivity contribution in [2.24, 2.45) is 0 Å². The van der Waals surface area contributed by atoms with Gasteiger partial charge in [-0.1, -0.05) is 197 Å². The van der Waals surface area contributed by atoms with Crippen molar-refractivity contribution in [1.29, 1.82) is 0 Å². The van der Waals surface area contributed by atoms with E-state index in [1.807, 2.05) is 6.08 Å². The standard InChI is InChI=1S/C58H103NO13/c1-3-5-7-9-11-13-15-17-19-21-22-23-24-26-27-29-31-33-35-37-39-41-47(62)46(59-50(63)42-40-38-36-34-32-30-28-25-20-18-16-14-12-10-8-6-4-2)45-69-57-55(68)53(66)56(49(44-61)71-57)72-58-54(67)52(65)51(64)48(43-60)70-58/h6,8,12,14,18,20,31,33,39,41,46-49,51-58,60-62,64-68H,3-5,7,9-11,13,15-17,19,21-30,32,34-38,40,42-45H2,1-2H3,(H,59,63)/b8-6-,14-12-,20-18-,33-31+,41-39+. The molecule has 9 N–H and O–H groups in total. The van der Waals surface area contributed by atoms with Crippen molar-refractivity contribution in [3.63, 3.8) is 0 Å². The molecule has 0 aromatic rings. The zero-order valence-corrected chi connectivity index (χ0v) is 44.7. The minimum Gasteiger partial charge on any atom is -0.394 e. The molecule has 12 atom stereocenters.